The molecule has 2 nitrogen and oxygen atoms in total. The highest BCUT2D eigenvalue weighted by Gasteiger charge is 1.85. The molecule has 1 heterocycles. The molecule has 0 aliphatic rings. The van der Waals surface area contributed by atoms with Crippen molar-refractivity contribution in [1.82, 2.24) is 9.55 Å². The Balaban J connectivity index is 0. The van der Waals surface area contributed by atoms with Crippen LogP contribution in [0, 0.1) is 6.92 Å². The van der Waals surface area contributed by atoms with Gasteiger partial charge >= 0.3 is 0 Å². The van der Waals surface area contributed by atoms with Crippen LogP contribution in [0.15, 0.2) is 12.5 Å². The number of aromatic nitrogens is 2. The third kappa shape index (κ3) is 9.12. The molecule has 1 aromatic rings. The normalized spacial score (nSPS) is 7.85. The highest BCUT2D eigenvalue weighted by atomic mass is 15.0. The Morgan fingerprint density at radius 3 is 1.85 bits per heavy atom. The number of nitrogens with zero attached hydrogens (tertiary/aromatic N) is 2. The zero-order chi connectivity index (χ0) is 10.7. The van der Waals surface area contributed by atoms with Gasteiger partial charge in [0, 0.05) is 12.7 Å². The molecule has 0 radical (unpaired) electrons. The van der Waals surface area contributed by atoms with Crippen molar-refractivity contribution in [2.45, 2.75) is 54.5 Å². The van der Waals surface area contributed by atoms with Crippen LogP contribution >= 0.6 is 0 Å². The fourth-order valence-corrected chi connectivity index (χ4v) is 0.645. The van der Waals surface area contributed by atoms with Gasteiger partial charge in [-0.15, -0.1) is 0 Å². The second-order valence-electron chi connectivity index (χ2n) is 2.55. The first kappa shape index (κ1) is 14.7. The molecule has 0 aliphatic heterocycles. The van der Waals surface area contributed by atoms with Gasteiger partial charge in [0.1, 0.15) is 0 Å². The van der Waals surface area contributed by atoms with Gasteiger partial charge in [0.2, 0.25) is 0 Å². The Morgan fingerprint density at radius 2 is 1.69 bits per heavy atom. The van der Waals surface area contributed by atoms with Crippen molar-refractivity contribution in [3.63, 3.8) is 0 Å². The Bertz CT molecular complexity index is 180. The van der Waals surface area contributed by atoms with Crippen molar-refractivity contribution in [1.29, 1.82) is 0 Å². The van der Waals surface area contributed by atoms with E-state index in [1.807, 2.05) is 33.3 Å². The van der Waals surface area contributed by atoms with E-state index in [2.05, 4.69) is 30.3 Å². The largest absolute Gasteiger partial charge is 0.337 e. The molecule has 0 N–H and O–H groups in total. The van der Waals surface area contributed by atoms with Gasteiger partial charge in [-0.05, 0) is 13.8 Å². The summed E-state index contributed by atoms with van der Waals surface area (Å²) < 4.78 is 2.05. The number of hydrogen-bond acceptors (Lipinski definition) is 1. The van der Waals surface area contributed by atoms with E-state index in [4.69, 9.17) is 0 Å². The molecule has 0 aromatic carbocycles. The predicted octanol–water partition coefficient (Wildman–Crippen LogP) is 3.65. The average molecular weight is 184 g/mol. The molecule has 0 spiro atoms. The maximum absolute atomic E-state index is 4.05. The van der Waals surface area contributed by atoms with Crippen molar-refractivity contribution in [3.8, 4) is 0 Å². The summed E-state index contributed by atoms with van der Waals surface area (Å²) in [4.78, 5) is 4.05. The minimum Gasteiger partial charge on any atom is -0.337 e. The standard InChI is InChI=1S/C6H10N2.C3H8.C2H6/c1-3-8-4-6(2)7-5-8;1-3-2;1-2/h4-5H,3H2,1-2H3;3H2,1-2H3;1-2H3. The fourth-order valence-electron chi connectivity index (χ4n) is 0.645. The van der Waals surface area contributed by atoms with E-state index in [1.165, 1.54) is 6.42 Å². The first-order valence-corrected chi connectivity index (χ1v) is 5.22. The van der Waals surface area contributed by atoms with Crippen LogP contribution in [-0.4, -0.2) is 9.55 Å². The molecule has 0 aliphatic carbocycles. The molecule has 78 valence electrons. The van der Waals surface area contributed by atoms with Crippen LogP contribution in [0.2, 0.25) is 0 Å². The summed E-state index contributed by atoms with van der Waals surface area (Å²) in [5, 5.41) is 0. The predicted molar refractivity (Wildman–Crippen MR) is 60.0 cm³/mol. The molecule has 0 saturated carbocycles. The Morgan fingerprint density at radius 1 is 1.23 bits per heavy atom. The Kier molecular flexibility index (Phi) is 12.7. The number of hydrogen-bond donors (Lipinski definition) is 0. The van der Waals surface area contributed by atoms with Crippen LogP contribution in [-0.2, 0) is 6.54 Å². The van der Waals surface area contributed by atoms with Crippen molar-refractivity contribution >= 4 is 0 Å². The van der Waals surface area contributed by atoms with E-state index in [9.17, 15) is 0 Å². The Labute approximate surface area is 83.0 Å². The van der Waals surface area contributed by atoms with Crippen LogP contribution in [0.5, 0.6) is 0 Å². The maximum Gasteiger partial charge on any atom is 0.0949 e. The van der Waals surface area contributed by atoms with Gasteiger partial charge in [-0.1, -0.05) is 34.1 Å². The zero-order valence-corrected chi connectivity index (χ0v) is 9.96. The van der Waals surface area contributed by atoms with Crippen LogP contribution in [0.3, 0.4) is 0 Å². The van der Waals surface area contributed by atoms with E-state index >= 15 is 0 Å². The van der Waals surface area contributed by atoms with Gasteiger partial charge in [0.15, 0.2) is 0 Å². The lowest BCUT2D eigenvalue weighted by molar-refractivity contribution is 0.761. The van der Waals surface area contributed by atoms with Crippen LogP contribution in [0.4, 0.5) is 0 Å². The SMILES string of the molecule is CC.CCC.CCn1cnc(C)c1. The first-order chi connectivity index (χ1) is 6.24. The monoisotopic (exact) mass is 184 g/mol. The third-order valence-electron chi connectivity index (χ3n) is 1.13. The quantitative estimate of drug-likeness (QED) is 0.651. The van der Waals surface area contributed by atoms with E-state index in [0.717, 1.165) is 12.2 Å². The summed E-state index contributed by atoms with van der Waals surface area (Å²) in [5.41, 5.74) is 1.09. The highest BCUT2D eigenvalue weighted by Crippen LogP contribution is 1.90. The molecule has 0 amide bonds. The van der Waals surface area contributed by atoms with Crippen LogP contribution in [0.1, 0.15) is 46.7 Å². The van der Waals surface area contributed by atoms with Crippen LogP contribution < -0.4 is 0 Å². The van der Waals surface area contributed by atoms with Crippen molar-refractivity contribution in [2.24, 2.45) is 0 Å². The second kappa shape index (κ2) is 11.2. The van der Waals surface area contributed by atoms with Crippen molar-refractivity contribution in [2.75, 3.05) is 0 Å². The highest BCUT2D eigenvalue weighted by molar-refractivity contribution is 4.91. The summed E-state index contributed by atoms with van der Waals surface area (Å²) in [6, 6.07) is 0. The fraction of sp³-hybridized carbons (Fsp3) is 0.727. The summed E-state index contributed by atoms with van der Waals surface area (Å²) in [6.45, 7) is 13.4. The van der Waals surface area contributed by atoms with Crippen molar-refractivity contribution in [3.05, 3.63) is 18.2 Å². The first-order valence-electron chi connectivity index (χ1n) is 5.22. The summed E-state index contributed by atoms with van der Waals surface area (Å²) in [5.74, 6) is 0. The van der Waals surface area contributed by atoms with E-state index in [1.54, 1.807) is 0 Å². The molecule has 1 aromatic heterocycles. The number of imidazole rings is 1. The molecule has 0 unspecified atom stereocenters. The molecule has 0 atom stereocenters. The van der Waals surface area contributed by atoms with E-state index in [-0.39, 0.29) is 0 Å². The lowest BCUT2D eigenvalue weighted by Crippen LogP contribution is -1.86. The van der Waals surface area contributed by atoms with Gasteiger partial charge in [-0.2, -0.15) is 0 Å². The molecule has 13 heavy (non-hydrogen) atoms. The van der Waals surface area contributed by atoms with Gasteiger partial charge in [0.25, 0.3) is 0 Å². The third-order valence-corrected chi connectivity index (χ3v) is 1.13. The van der Waals surface area contributed by atoms with Crippen molar-refractivity contribution < 1.29 is 0 Å². The smallest absolute Gasteiger partial charge is 0.0949 e. The second-order valence-corrected chi connectivity index (χ2v) is 2.55. The topological polar surface area (TPSA) is 17.8 Å². The molecule has 2 heteroatoms. The molecular formula is C11H24N2. The van der Waals surface area contributed by atoms with E-state index in [0.29, 0.717) is 0 Å². The number of aryl methyl sites for hydroxylation is 2. The average Bonchev–Trinajstić information content (AvgIpc) is 2.56. The molecule has 0 bridgehead atoms. The minimum atomic E-state index is 1.01. The lowest BCUT2D eigenvalue weighted by atomic mass is 10.6. The Hall–Kier alpha value is -0.790. The molecule has 0 saturated heterocycles. The van der Waals surface area contributed by atoms with Gasteiger partial charge in [-0.3, -0.25) is 0 Å². The summed E-state index contributed by atoms with van der Waals surface area (Å²) in [6.07, 6.45) is 5.12. The molecule has 0 fully saturated rings. The maximum atomic E-state index is 4.05. The van der Waals surface area contributed by atoms with Gasteiger partial charge < -0.3 is 4.57 Å². The molecular weight excluding hydrogens is 160 g/mol. The number of rotatable bonds is 1. The molecule has 1 rings (SSSR count). The minimum absolute atomic E-state index is 1.01. The van der Waals surface area contributed by atoms with Crippen LogP contribution in [0.25, 0.3) is 0 Å². The van der Waals surface area contributed by atoms with Gasteiger partial charge in [-0.25, -0.2) is 4.98 Å². The van der Waals surface area contributed by atoms with Gasteiger partial charge in [0.05, 0.1) is 12.0 Å². The summed E-state index contributed by atoms with van der Waals surface area (Å²) in [7, 11) is 0. The summed E-state index contributed by atoms with van der Waals surface area (Å²) >= 11 is 0. The zero-order valence-electron chi connectivity index (χ0n) is 9.96. The van der Waals surface area contributed by atoms with E-state index < -0.39 is 0 Å². The lowest BCUT2D eigenvalue weighted by Gasteiger charge is -1.88.